The number of halogens is 2. The third-order valence-electron chi connectivity index (χ3n) is 4.99. The average Bonchev–Trinajstić information content (AvgIpc) is 2.98. The quantitative estimate of drug-likeness (QED) is 0.481. The van der Waals surface area contributed by atoms with Crippen molar-refractivity contribution < 1.29 is 13.9 Å². The smallest absolute Gasteiger partial charge is 0.266 e. The van der Waals surface area contributed by atoms with Crippen molar-refractivity contribution in [1.29, 1.82) is 0 Å². The average molecular weight is 401 g/mol. The van der Waals surface area contributed by atoms with E-state index in [1.165, 1.54) is 0 Å². The summed E-state index contributed by atoms with van der Waals surface area (Å²) in [6, 6.07) is 7.27. The third kappa shape index (κ3) is 2.68. The van der Waals surface area contributed by atoms with Gasteiger partial charge in [0.15, 0.2) is 5.82 Å². The second-order valence-electron chi connectivity index (χ2n) is 6.75. The van der Waals surface area contributed by atoms with Crippen LogP contribution in [0, 0.1) is 17.9 Å². The van der Waals surface area contributed by atoms with Crippen molar-refractivity contribution in [1.82, 2.24) is 9.97 Å². The van der Waals surface area contributed by atoms with Gasteiger partial charge in [0.05, 0.1) is 16.8 Å². The molecule has 4 aromatic rings. The highest BCUT2D eigenvalue weighted by Crippen LogP contribution is 2.41. The summed E-state index contributed by atoms with van der Waals surface area (Å²) in [6.45, 7) is 4.06. The highest BCUT2D eigenvalue weighted by molar-refractivity contribution is 7.17. The largest absolute Gasteiger partial charge is 0.493 e. The van der Waals surface area contributed by atoms with Crippen molar-refractivity contribution in [2.24, 2.45) is 5.73 Å². The van der Waals surface area contributed by atoms with E-state index < -0.39 is 16.5 Å². The zero-order valence-corrected chi connectivity index (χ0v) is 16.0. The monoisotopic (exact) mass is 401 g/mol. The summed E-state index contributed by atoms with van der Waals surface area (Å²) in [7, 11) is 0. The molecule has 0 saturated carbocycles. The number of hydrogen-bond donors (Lipinski definition) is 3. The first-order chi connectivity index (χ1) is 13.3. The fraction of sp³-hybridized carbons (Fsp3) is 0.200. The molecule has 8 heteroatoms. The van der Waals surface area contributed by atoms with E-state index in [9.17, 15) is 18.7 Å². The molecule has 1 aromatic carbocycles. The molecule has 28 heavy (non-hydrogen) atoms. The first-order valence-corrected chi connectivity index (χ1v) is 9.48. The number of nitrogens with zero attached hydrogens (tertiary/aromatic N) is 1. The maximum absolute atomic E-state index is 14.6. The van der Waals surface area contributed by atoms with Crippen LogP contribution < -0.4 is 11.3 Å². The Morgan fingerprint density at radius 1 is 1.25 bits per heavy atom. The minimum atomic E-state index is -1.10. The number of rotatable bonds is 3. The molecule has 0 aliphatic rings. The van der Waals surface area contributed by atoms with Crippen molar-refractivity contribution in [3.05, 3.63) is 56.8 Å². The molecule has 1 atom stereocenters. The van der Waals surface area contributed by atoms with E-state index in [2.05, 4.69) is 9.97 Å². The highest BCUT2D eigenvalue weighted by Gasteiger charge is 2.24. The lowest BCUT2D eigenvalue weighted by molar-refractivity contribution is 0.455. The molecule has 3 aromatic heterocycles. The summed E-state index contributed by atoms with van der Waals surface area (Å²) >= 11 is 0.444. The standard InChI is InChI=1S/C20H17F2N3O2S/c1-8(7-23)10-3-5-11(6-4-10)12-13-14-15(21)18(22)28-17(14)20(27)25-16(13)9(2)24-19(12)26/h3-6,8H,7,23H2,1-2H3,(H,24,26)(H,25,27). The lowest BCUT2D eigenvalue weighted by atomic mass is 9.95. The summed E-state index contributed by atoms with van der Waals surface area (Å²) in [5.74, 6) is -1.26. The van der Waals surface area contributed by atoms with E-state index in [1.807, 2.05) is 19.1 Å². The Morgan fingerprint density at radius 3 is 2.57 bits per heavy atom. The van der Waals surface area contributed by atoms with Gasteiger partial charge in [-0.2, -0.15) is 4.39 Å². The molecule has 0 spiro atoms. The van der Waals surface area contributed by atoms with Crippen LogP contribution in [-0.2, 0) is 0 Å². The van der Waals surface area contributed by atoms with E-state index >= 15 is 0 Å². The molecule has 0 saturated heterocycles. The molecule has 0 amide bonds. The predicted octanol–water partition coefficient (Wildman–Crippen LogP) is 4.16. The molecule has 0 aliphatic heterocycles. The molecule has 4 rings (SSSR count). The van der Waals surface area contributed by atoms with Gasteiger partial charge in [-0.05, 0) is 30.5 Å². The van der Waals surface area contributed by atoms with Gasteiger partial charge in [-0.3, -0.25) is 4.79 Å². The van der Waals surface area contributed by atoms with Crippen LogP contribution in [0.4, 0.5) is 8.78 Å². The van der Waals surface area contributed by atoms with Gasteiger partial charge in [-0.25, -0.2) is 9.37 Å². The van der Waals surface area contributed by atoms with Gasteiger partial charge >= 0.3 is 0 Å². The fourth-order valence-corrected chi connectivity index (χ4v) is 4.22. The van der Waals surface area contributed by atoms with E-state index in [4.69, 9.17) is 5.73 Å². The molecule has 4 N–H and O–H groups in total. The number of aromatic amines is 1. The molecule has 0 bridgehead atoms. The molecular formula is C20H17F2N3O2S. The molecule has 0 radical (unpaired) electrons. The summed E-state index contributed by atoms with van der Waals surface area (Å²) in [6.07, 6.45) is 0. The number of pyridine rings is 2. The molecule has 1 unspecified atom stereocenters. The second kappa shape index (κ2) is 6.65. The number of hydrogen-bond acceptors (Lipinski definition) is 5. The Bertz CT molecular complexity index is 1280. The Kier molecular flexibility index (Phi) is 4.40. The minimum Gasteiger partial charge on any atom is -0.493 e. The van der Waals surface area contributed by atoms with Crippen molar-refractivity contribution in [3.8, 4) is 17.0 Å². The SMILES string of the molecule is Cc1nc(O)c(-c2ccc(C(C)CN)cc2)c2c1[nH]c(=O)c1sc(F)c(F)c12. The number of benzene rings is 1. The van der Waals surface area contributed by atoms with Crippen LogP contribution >= 0.6 is 11.3 Å². The first-order valence-electron chi connectivity index (χ1n) is 8.67. The lowest BCUT2D eigenvalue weighted by Crippen LogP contribution is -2.08. The van der Waals surface area contributed by atoms with Crippen LogP contribution in [0.3, 0.4) is 0 Å². The second-order valence-corrected chi connectivity index (χ2v) is 7.72. The Labute approximate surface area is 162 Å². The van der Waals surface area contributed by atoms with E-state index in [1.54, 1.807) is 19.1 Å². The number of aromatic hydroxyl groups is 1. The zero-order chi connectivity index (χ0) is 20.2. The van der Waals surface area contributed by atoms with Gasteiger partial charge in [-0.15, -0.1) is 0 Å². The van der Waals surface area contributed by atoms with Crippen LogP contribution in [0.1, 0.15) is 24.1 Å². The van der Waals surface area contributed by atoms with Crippen LogP contribution in [0.15, 0.2) is 29.1 Å². The van der Waals surface area contributed by atoms with Crippen LogP contribution in [0.25, 0.3) is 32.1 Å². The van der Waals surface area contributed by atoms with Gasteiger partial charge in [-0.1, -0.05) is 42.5 Å². The van der Waals surface area contributed by atoms with Gasteiger partial charge in [0.25, 0.3) is 5.56 Å². The topological polar surface area (TPSA) is 92.0 Å². The van der Waals surface area contributed by atoms with Gasteiger partial charge in [0, 0.05) is 10.8 Å². The predicted molar refractivity (Wildman–Crippen MR) is 107 cm³/mol. The Morgan fingerprint density at radius 2 is 1.93 bits per heavy atom. The number of fused-ring (bicyclic) bond motifs is 3. The molecular weight excluding hydrogens is 384 g/mol. The number of thiophene rings is 1. The number of nitrogens with two attached hydrogens (primary N) is 1. The number of aryl methyl sites for hydroxylation is 1. The summed E-state index contributed by atoms with van der Waals surface area (Å²) in [4.78, 5) is 19.1. The first kappa shape index (κ1) is 18.5. The summed E-state index contributed by atoms with van der Waals surface area (Å²) in [5, 5.41) is 9.58. The molecule has 0 fully saturated rings. The van der Waals surface area contributed by atoms with Crippen molar-refractivity contribution in [2.75, 3.05) is 6.54 Å². The molecule has 5 nitrogen and oxygen atoms in total. The third-order valence-corrected chi connectivity index (χ3v) is 5.94. The maximum atomic E-state index is 14.6. The van der Waals surface area contributed by atoms with Crippen LogP contribution in [0.2, 0.25) is 0 Å². The normalized spacial score (nSPS) is 12.8. The number of aromatic nitrogens is 2. The highest BCUT2D eigenvalue weighted by atomic mass is 32.1. The molecule has 3 heterocycles. The van der Waals surface area contributed by atoms with Gasteiger partial charge in [0.1, 0.15) is 4.70 Å². The Balaban J connectivity index is 2.13. The minimum absolute atomic E-state index is 0.0675. The van der Waals surface area contributed by atoms with E-state index in [0.717, 1.165) is 5.56 Å². The van der Waals surface area contributed by atoms with Crippen molar-refractivity contribution >= 4 is 32.3 Å². The fourth-order valence-electron chi connectivity index (χ4n) is 3.42. The maximum Gasteiger partial charge on any atom is 0.266 e. The van der Waals surface area contributed by atoms with Crippen molar-refractivity contribution in [3.63, 3.8) is 0 Å². The van der Waals surface area contributed by atoms with Gasteiger partial charge in [0.2, 0.25) is 11.0 Å². The van der Waals surface area contributed by atoms with E-state index in [0.29, 0.717) is 29.1 Å². The molecule has 0 aliphatic carbocycles. The van der Waals surface area contributed by atoms with Crippen LogP contribution in [-0.4, -0.2) is 21.6 Å². The van der Waals surface area contributed by atoms with E-state index in [-0.39, 0.29) is 38.4 Å². The van der Waals surface area contributed by atoms with Gasteiger partial charge < -0.3 is 15.8 Å². The molecule has 144 valence electrons. The summed E-state index contributed by atoms with van der Waals surface area (Å²) in [5.41, 5.74) is 7.52. The van der Waals surface area contributed by atoms with Crippen LogP contribution in [0.5, 0.6) is 5.88 Å². The Hall–Kier alpha value is -2.84. The zero-order valence-electron chi connectivity index (χ0n) is 15.1. The summed E-state index contributed by atoms with van der Waals surface area (Å²) < 4.78 is 28.5. The van der Waals surface area contributed by atoms with Crippen molar-refractivity contribution in [2.45, 2.75) is 19.8 Å². The number of H-pyrrole nitrogens is 1. The number of nitrogens with one attached hydrogen (secondary N) is 1. The lowest BCUT2D eigenvalue weighted by Gasteiger charge is -2.14.